The standard InChI is InChI=1S/C44H70N2O12/c1-23-21-46(28-19-45-20-28)13-10-37(53-23)57-40-24(2)55-39(18-34(40)48)58-41-25(3)54-38(17-33(41)47)56-29-8-11-42(4)27(15-29)6-7-31-32(42)16-35(49)43(5)30(9-12-44(31,43)51)26-14-36(50)52-22-26/h14,23-25,27-35,37-41,45,47-49,51H,6-13,15-22H2,1-5H3/t23?,24-,25-,27-,29+,30-,31-,32+,33+,34+,35-,37?,38+,39+,40-,41-,42+,43+,44+/m1/s1. The lowest BCUT2D eigenvalue weighted by Crippen LogP contribution is -2.67. The van der Waals surface area contributed by atoms with Crippen LogP contribution in [0.2, 0.25) is 0 Å². The molecule has 14 heteroatoms. The fraction of sp³-hybridized carbons (Fsp3) is 0.932. The highest BCUT2D eigenvalue weighted by Gasteiger charge is 2.71. The van der Waals surface area contributed by atoms with Gasteiger partial charge in [0.2, 0.25) is 0 Å². The molecule has 19 atom stereocenters. The van der Waals surface area contributed by atoms with Gasteiger partial charge in [-0.15, -0.1) is 0 Å². The topological polar surface area (TPSA) is 178 Å². The number of cyclic esters (lactones) is 1. The summed E-state index contributed by atoms with van der Waals surface area (Å²) in [6.45, 7) is 14.3. The molecule has 4 saturated carbocycles. The van der Waals surface area contributed by atoms with Crippen LogP contribution in [0.1, 0.15) is 105 Å². The Balaban J connectivity index is 0.760. The fourth-order valence-electron chi connectivity index (χ4n) is 13.7. The van der Waals surface area contributed by atoms with Crippen LogP contribution in [0.25, 0.3) is 0 Å². The van der Waals surface area contributed by atoms with Gasteiger partial charge in [0.15, 0.2) is 18.9 Å². The van der Waals surface area contributed by atoms with Crippen molar-refractivity contribution in [3.63, 3.8) is 0 Å². The second-order valence-corrected chi connectivity index (χ2v) is 20.2. The molecule has 0 aromatic rings. The van der Waals surface area contributed by atoms with E-state index in [-0.39, 0.29) is 60.8 Å². The minimum atomic E-state index is -0.999. The molecule has 0 amide bonds. The number of rotatable bonds is 8. The van der Waals surface area contributed by atoms with Crippen molar-refractivity contribution in [3.8, 4) is 0 Å². The number of carbonyl (C=O) groups excluding carboxylic acids is 1. The van der Waals surface area contributed by atoms with E-state index in [4.69, 9.17) is 33.2 Å². The molecule has 9 aliphatic rings. The van der Waals surface area contributed by atoms with Gasteiger partial charge >= 0.3 is 5.97 Å². The first-order valence-electron chi connectivity index (χ1n) is 22.7. The molecule has 2 unspecified atom stereocenters. The molecular weight excluding hydrogens is 748 g/mol. The van der Waals surface area contributed by atoms with E-state index < -0.39 is 72.6 Å². The van der Waals surface area contributed by atoms with Gasteiger partial charge in [-0.1, -0.05) is 13.8 Å². The van der Waals surface area contributed by atoms with Crippen LogP contribution in [0.4, 0.5) is 0 Å². The number of hydrogen-bond acceptors (Lipinski definition) is 14. The Morgan fingerprint density at radius 1 is 0.793 bits per heavy atom. The third-order valence-corrected chi connectivity index (χ3v) is 17.1. The zero-order valence-electron chi connectivity index (χ0n) is 35.2. The van der Waals surface area contributed by atoms with Crippen LogP contribution in [0.15, 0.2) is 11.6 Å². The van der Waals surface area contributed by atoms with Crippen molar-refractivity contribution in [1.29, 1.82) is 0 Å². The minimum Gasteiger partial charge on any atom is -0.458 e. The highest BCUT2D eigenvalue weighted by molar-refractivity contribution is 5.85. The van der Waals surface area contributed by atoms with E-state index in [9.17, 15) is 25.2 Å². The number of carbonyl (C=O) groups is 1. The van der Waals surface area contributed by atoms with Gasteiger partial charge in [0, 0.05) is 63.0 Å². The summed E-state index contributed by atoms with van der Waals surface area (Å²) in [5.41, 5.74) is -0.836. The van der Waals surface area contributed by atoms with E-state index in [1.165, 1.54) is 0 Å². The molecular formula is C44H70N2O12. The number of ether oxygens (including phenoxy) is 7. The SMILES string of the molecule is CC1CN(C2CNC2)CCC(O[C@H]2[C@@H](O)C[C@H](O[C@H]3[C@@H](O)C[C@H](O[C@H]4CC[C@@]5(C)[C@H](CC[C@@H]6[C@@H]5C[C@@H](O)[C@]5(C)[C@@H](C7=CC(=O)OC7)CC[C@]65O)C4)O[C@@H]3C)O[C@@H]2C)O1. The number of aliphatic hydroxyl groups is 4. The number of hydrogen-bond donors (Lipinski definition) is 5. The Morgan fingerprint density at radius 3 is 2.12 bits per heavy atom. The lowest BCUT2D eigenvalue weighted by molar-refractivity contribution is -0.329. The predicted octanol–water partition coefficient (Wildman–Crippen LogP) is 2.77. The van der Waals surface area contributed by atoms with Gasteiger partial charge in [0.1, 0.15) is 18.8 Å². The molecule has 8 fully saturated rings. The van der Waals surface area contributed by atoms with Crippen molar-refractivity contribution in [1.82, 2.24) is 10.2 Å². The number of aliphatic hydroxyl groups excluding tert-OH is 3. The quantitative estimate of drug-likeness (QED) is 0.179. The first-order chi connectivity index (χ1) is 27.7. The first kappa shape index (κ1) is 42.1. The average molecular weight is 819 g/mol. The molecule has 9 rings (SSSR count). The van der Waals surface area contributed by atoms with E-state index in [0.717, 1.165) is 76.7 Å². The van der Waals surface area contributed by atoms with Gasteiger partial charge in [-0.2, -0.15) is 0 Å². The Morgan fingerprint density at radius 2 is 1.48 bits per heavy atom. The van der Waals surface area contributed by atoms with Gasteiger partial charge in [0.25, 0.3) is 0 Å². The summed E-state index contributed by atoms with van der Waals surface area (Å²) < 4.78 is 43.4. The highest BCUT2D eigenvalue weighted by atomic mass is 16.7. The molecule has 0 bridgehead atoms. The molecule has 14 nitrogen and oxygen atoms in total. The summed E-state index contributed by atoms with van der Waals surface area (Å²) in [6.07, 6.45) is 3.19. The molecule has 58 heavy (non-hydrogen) atoms. The zero-order chi connectivity index (χ0) is 40.7. The van der Waals surface area contributed by atoms with Crippen molar-refractivity contribution in [2.75, 3.05) is 32.8 Å². The second kappa shape index (κ2) is 16.1. The van der Waals surface area contributed by atoms with Crippen molar-refractivity contribution in [2.45, 2.75) is 191 Å². The van der Waals surface area contributed by atoms with Crippen LogP contribution >= 0.6 is 0 Å². The summed E-state index contributed by atoms with van der Waals surface area (Å²) in [6, 6.07) is 0.540. The third kappa shape index (κ3) is 7.34. The Labute approximate surface area is 343 Å². The Bertz CT molecular complexity index is 1510. The van der Waals surface area contributed by atoms with Crippen LogP contribution in [0.3, 0.4) is 0 Å². The number of nitrogens with zero attached hydrogens (tertiary/aromatic N) is 1. The molecule has 5 N–H and O–H groups in total. The molecule has 0 radical (unpaired) electrons. The maximum Gasteiger partial charge on any atom is 0.331 e. The van der Waals surface area contributed by atoms with Crippen molar-refractivity contribution in [2.24, 2.45) is 34.5 Å². The molecule has 328 valence electrons. The number of fused-ring (bicyclic) bond motifs is 5. The van der Waals surface area contributed by atoms with Crippen LogP contribution in [0.5, 0.6) is 0 Å². The lowest BCUT2D eigenvalue weighted by atomic mass is 9.42. The van der Waals surface area contributed by atoms with Crippen LogP contribution in [-0.2, 0) is 38.0 Å². The molecule has 0 aromatic heterocycles. The smallest absolute Gasteiger partial charge is 0.331 e. The first-order valence-corrected chi connectivity index (χ1v) is 22.7. The molecule has 4 aliphatic carbocycles. The summed E-state index contributed by atoms with van der Waals surface area (Å²) in [5.74, 6) is 0.279. The van der Waals surface area contributed by atoms with Gasteiger partial charge in [-0.25, -0.2) is 4.79 Å². The molecule has 0 spiro atoms. The molecule has 4 saturated heterocycles. The van der Waals surface area contributed by atoms with Gasteiger partial charge in [-0.3, -0.25) is 4.90 Å². The fourth-order valence-corrected chi connectivity index (χ4v) is 13.7. The average Bonchev–Trinajstić information content (AvgIpc) is 3.63. The molecule has 0 aromatic carbocycles. The highest BCUT2D eigenvalue weighted by Crippen LogP contribution is 2.70. The van der Waals surface area contributed by atoms with Gasteiger partial charge in [0.05, 0.1) is 48.3 Å². The maximum atomic E-state index is 12.6. The second-order valence-electron chi connectivity index (χ2n) is 20.2. The minimum absolute atomic E-state index is 0.0191. The summed E-state index contributed by atoms with van der Waals surface area (Å²) in [7, 11) is 0. The summed E-state index contributed by atoms with van der Waals surface area (Å²) >= 11 is 0. The van der Waals surface area contributed by atoms with Crippen molar-refractivity contribution in [3.05, 3.63) is 11.6 Å². The van der Waals surface area contributed by atoms with Crippen LogP contribution < -0.4 is 5.32 Å². The van der Waals surface area contributed by atoms with E-state index in [1.54, 1.807) is 6.08 Å². The molecule has 5 aliphatic heterocycles. The van der Waals surface area contributed by atoms with E-state index in [0.29, 0.717) is 24.8 Å². The lowest BCUT2D eigenvalue weighted by Gasteiger charge is -2.65. The van der Waals surface area contributed by atoms with Crippen molar-refractivity contribution < 1.29 is 58.4 Å². The number of nitrogens with one attached hydrogen (secondary N) is 1. The van der Waals surface area contributed by atoms with E-state index in [2.05, 4.69) is 31.0 Å². The van der Waals surface area contributed by atoms with E-state index >= 15 is 0 Å². The van der Waals surface area contributed by atoms with Crippen molar-refractivity contribution >= 4 is 5.97 Å². The van der Waals surface area contributed by atoms with Crippen LogP contribution in [0, 0.1) is 34.5 Å². The largest absolute Gasteiger partial charge is 0.458 e. The molecule has 5 heterocycles. The van der Waals surface area contributed by atoms with E-state index in [1.807, 2.05) is 13.8 Å². The monoisotopic (exact) mass is 818 g/mol. The van der Waals surface area contributed by atoms with Gasteiger partial charge in [-0.05, 0) is 107 Å². The Hall–Kier alpha value is -1.27. The predicted molar refractivity (Wildman–Crippen MR) is 209 cm³/mol. The third-order valence-electron chi connectivity index (χ3n) is 17.1. The number of esters is 1. The summed E-state index contributed by atoms with van der Waals surface area (Å²) in [5, 5.41) is 50.5. The van der Waals surface area contributed by atoms with Crippen LogP contribution in [-0.4, -0.2) is 150 Å². The van der Waals surface area contributed by atoms with Gasteiger partial charge < -0.3 is 58.9 Å². The normalized spacial score (nSPS) is 52.8. The maximum absolute atomic E-state index is 12.6. The Kier molecular flexibility index (Phi) is 11.7. The summed E-state index contributed by atoms with van der Waals surface area (Å²) in [4.78, 5) is 14.4. The zero-order valence-corrected chi connectivity index (χ0v) is 35.2.